The lowest BCUT2D eigenvalue weighted by Gasteiger charge is -2.06. The van der Waals surface area contributed by atoms with E-state index in [-0.39, 0.29) is 5.41 Å². The van der Waals surface area contributed by atoms with Gasteiger partial charge in [-0.25, -0.2) is 4.52 Å². The Morgan fingerprint density at radius 2 is 2.06 bits per heavy atom. The highest BCUT2D eigenvalue weighted by atomic mass is 15.2. The van der Waals surface area contributed by atoms with Crippen LogP contribution in [0.25, 0.3) is 5.52 Å². The Labute approximate surface area is 102 Å². The minimum atomic E-state index is -0.214. The van der Waals surface area contributed by atoms with E-state index in [1.54, 1.807) is 0 Å². The van der Waals surface area contributed by atoms with Crippen LogP contribution in [0.1, 0.15) is 37.8 Å². The molecule has 0 saturated heterocycles. The Kier molecular flexibility index (Phi) is 2.89. The lowest BCUT2D eigenvalue weighted by molar-refractivity contribution is 0.862. The molecule has 17 heavy (non-hydrogen) atoms. The van der Waals surface area contributed by atoms with Crippen LogP contribution in [-0.4, -0.2) is 9.61 Å². The van der Waals surface area contributed by atoms with E-state index in [2.05, 4.69) is 23.3 Å². The second kappa shape index (κ2) is 4.21. The molecular formula is C14H17N3. The number of aromatic nitrogens is 2. The number of rotatable bonds is 1. The minimum absolute atomic E-state index is 0.214. The number of pyridine rings is 1. The molecule has 0 amide bonds. The summed E-state index contributed by atoms with van der Waals surface area (Å²) < 4.78 is 1.86. The summed E-state index contributed by atoms with van der Waals surface area (Å²) in [4.78, 5) is 0. The maximum atomic E-state index is 9.11. The molecule has 0 aliphatic heterocycles. The van der Waals surface area contributed by atoms with Gasteiger partial charge in [0.25, 0.3) is 0 Å². The summed E-state index contributed by atoms with van der Waals surface area (Å²) in [7, 11) is 0. The van der Waals surface area contributed by atoms with Gasteiger partial charge >= 0.3 is 0 Å². The van der Waals surface area contributed by atoms with Gasteiger partial charge in [0.05, 0.1) is 23.2 Å². The van der Waals surface area contributed by atoms with E-state index < -0.39 is 0 Å². The molecule has 88 valence electrons. The number of hydrogen-bond donors (Lipinski definition) is 0. The largest absolute Gasteiger partial charge is 0.240 e. The molecule has 2 heterocycles. The van der Waals surface area contributed by atoms with Gasteiger partial charge in [-0.05, 0) is 37.0 Å². The maximum Gasteiger partial charge on any atom is 0.0838 e. The van der Waals surface area contributed by atoms with Crippen molar-refractivity contribution in [2.45, 2.75) is 39.0 Å². The number of hydrogen-bond acceptors (Lipinski definition) is 2. The van der Waals surface area contributed by atoms with Crippen molar-refractivity contribution in [2.24, 2.45) is 0 Å². The molecule has 1 aliphatic carbocycles. The summed E-state index contributed by atoms with van der Waals surface area (Å²) in [6.45, 7) is 6.04. The van der Waals surface area contributed by atoms with E-state index in [1.807, 2.05) is 37.7 Å². The molecule has 0 radical (unpaired) electrons. The quantitative estimate of drug-likeness (QED) is 0.750. The normalized spacial score (nSPS) is 15.9. The molecule has 1 fully saturated rings. The molecule has 2 aromatic rings. The van der Waals surface area contributed by atoms with Crippen LogP contribution < -0.4 is 0 Å². The number of fused-ring (bicyclic) bond motifs is 1. The molecule has 0 unspecified atom stereocenters. The van der Waals surface area contributed by atoms with Gasteiger partial charge in [-0.2, -0.15) is 10.4 Å². The number of aryl methyl sites for hydroxylation is 1. The fourth-order valence-electron chi connectivity index (χ4n) is 1.99. The van der Waals surface area contributed by atoms with Crippen molar-refractivity contribution in [1.82, 2.24) is 9.61 Å². The van der Waals surface area contributed by atoms with Crippen molar-refractivity contribution in [2.75, 3.05) is 0 Å². The van der Waals surface area contributed by atoms with Crippen LogP contribution in [0.15, 0.2) is 24.5 Å². The summed E-state index contributed by atoms with van der Waals surface area (Å²) in [5, 5.41) is 13.4. The van der Waals surface area contributed by atoms with Gasteiger partial charge in [0, 0.05) is 6.20 Å². The summed E-state index contributed by atoms with van der Waals surface area (Å²) in [5.41, 5.74) is 3.17. The highest BCUT2D eigenvalue weighted by Gasteiger charge is 2.45. The standard InChI is InChI=1S/C12H11N3.C2H6/c1-9-6-14-15-7-10(2-3-11(9)15)12(8-13)4-5-12;1-2/h2-3,6-7H,4-5H2,1H3;1-2H3. The first-order valence-corrected chi connectivity index (χ1v) is 6.11. The van der Waals surface area contributed by atoms with E-state index in [1.165, 1.54) is 5.56 Å². The van der Waals surface area contributed by atoms with Crippen LogP contribution in [-0.2, 0) is 5.41 Å². The summed E-state index contributed by atoms with van der Waals surface area (Å²) in [6, 6.07) is 6.51. The Balaban J connectivity index is 0.000000514. The van der Waals surface area contributed by atoms with Crippen molar-refractivity contribution in [3.05, 3.63) is 35.7 Å². The molecule has 0 atom stereocenters. The summed E-state index contributed by atoms with van der Waals surface area (Å²) in [5.74, 6) is 0. The van der Waals surface area contributed by atoms with Crippen LogP contribution in [0.3, 0.4) is 0 Å². The smallest absolute Gasteiger partial charge is 0.0838 e. The van der Waals surface area contributed by atoms with Crippen molar-refractivity contribution >= 4 is 5.52 Å². The fraction of sp³-hybridized carbons (Fsp3) is 0.429. The van der Waals surface area contributed by atoms with Crippen LogP contribution >= 0.6 is 0 Å². The lowest BCUT2D eigenvalue weighted by atomic mass is 10.00. The molecule has 0 spiro atoms. The highest BCUT2D eigenvalue weighted by Crippen LogP contribution is 2.47. The molecule has 1 saturated carbocycles. The molecule has 2 aromatic heterocycles. The van der Waals surface area contributed by atoms with Crippen LogP contribution in [0.5, 0.6) is 0 Å². The zero-order valence-corrected chi connectivity index (χ0v) is 10.6. The Hall–Kier alpha value is -1.82. The van der Waals surface area contributed by atoms with Crippen LogP contribution in [0, 0.1) is 18.3 Å². The third-order valence-corrected chi connectivity index (χ3v) is 3.23. The third-order valence-electron chi connectivity index (χ3n) is 3.23. The molecule has 3 rings (SSSR count). The molecule has 3 nitrogen and oxygen atoms in total. The van der Waals surface area contributed by atoms with Gasteiger partial charge < -0.3 is 0 Å². The van der Waals surface area contributed by atoms with E-state index in [0.29, 0.717) is 0 Å². The van der Waals surface area contributed by atoms with E-state index >= 15 is 0 Å². The van der Waals surface area contributed by atoms with Crippen molar-refractivity contribution in [3.8, 4) is 6.07 Å². The molecule has 0 bridgehead atoms. The van der Waals surface area contributed by atoms with Crippen molar-refractivity contribution in [3.63, 3.8) is 0 Å². The van der Waals surface area contributed by atoms with Gasteiger partial charge in [0.2, 0.25) is 0 Å². The van der Waals surface area contributed by atoms with Crippen molar-refractivity contribution in [1.29, 1.82) is 5.26 Å². The summed E-state index contributed by atoms with van der Waals surface area (Å²) in [6.07, 6.45) is 5.80. The maximum absolute atomic E-state index is 9.11. The second-order valence-corrected chi connectivity index (χ2v) is 4.27. The zero-order valence-electron chi connectivity index (χ0n) is 10.6. The monoisotopic (exact) mass is 227 g/mol. The molecule has 0 N–H and O–H groups in total. The number of nitrogens with zero attached hydrogens (tertiary/aromatic N) is 3. The summed E-state index contributed by atoms with van der Waals surface area (Å²) >= 11 is 0. The van der Waals surface area contributed by atoms with E-state index in [0.717, 1.165) is 23.9 Å². The average Bonchev–Trinajstić information content (AvgIpc) is 3.12. The zero-order chi connectivity index (χ0) is 12.5. The van der Waals surface area contributed by atoms with E-state index in [9.17, 15) is 0 Å². The number of nitriles is 1. The van der Waals surface area contributed by atoms with Gasteiger partial charge in [-0.1, -0.05) is 19.9 Å². The Bertz CT molecular complexity index is 571. The highest BCUT2D eigenvalue weighted by molar-refractivity contribution is 5.55. The predicted molar refractivity (Wildman–Crippen MR) is 67.8 cm³/mol. The first kappa shape index (κ1) is 11.7. The topological polar surface area (TPSA) is 41.1 Å². The Morgan fingerprint density at radius 3 is 2.65 bits per heavy atom. The van der Waals surface area contributed by atoms with Crippen LogP contribution in [0.4, 0.5) is 0 Å². The van der Waals surface area contributed by atoms with Crippen molar-refractivity contribution < 1.29 is 0 Å². The third kappa shape index (κ3) is 1.80. The van der Waals surface area contributed by atoms with Gasteiger partial charge in [-0.15, -0.1) is 0 Å². The molecule has 1 aliphatic rings. The van der Waals surface area contributed by atoms with E-state index in [4.69, 9.17) is 5.26 Å². The van der Waals surface area contributed by atoms with Crippen LogP contribution in [0.2, 0.25) is 0 Å². The van der Waals surface area contributed by atoms with Gasteiger partial charge in [-0.3, -0.25) is 0 Å². The SMILES string of the molecule is CC.Cc1cnn2cc(C3(C#N)CC3)ccc12. The second-order valence-electron chi connectivity index (χ2n) is 4.27. The first-order chi connectivity index (χ1) is 8.25. The fourth-order valence-corrected chi connectivity index (χ4v) is 1.99. The predicted octanol–water partition coefficient (Wildman–Crippen LogP) is 3.22. The minimum Gasteiger partial charge on any atom is -0.240 e. The lowest BCUT2D eigenvalue weighted by Crippen LogP contribution is -2.04. The first-order valence-electron chi connectivity index (χ1n) is 6.11. The Morgan fingerprint density at radius 1 is 1.35 bits per heavy atom. The average molecular weight is 227 g/mol. The molecule has 3 heteroatoms. The molecule has 0 aromatic carbocycles. The van der Waals surface area contributed by atoms with Gasteiger partial charge in [0.1, 0.15) is 0 Å². The van der Waals surface area contributed by atoms with Gasteiger partial charge in [0.15, 0.2) is 0 Å². The molecular weight excluding hydrogens is 210 g/mol.